The van der Waals surface area contributed by atoms with E-state index in [9.17, 15) is 32.7 Å². The van der Waals surface area contributed by atoms with Crippen LogP contribution in [0.15, 0.2) is 47.4 Å². The van der Waals surface area contributed by atoms with E-state index in [2.05, 4.69) is 0 Å². The first-order chi connectivity index (χ1) is 17.6. The van der Waals surface area contributed by atoms with Crippen LogP contribution in [0.25, 0.3) is 0 Å². The Bertz CT molecular complexity index is 1330. The second-order valence-corrected chi connectivity index (χ2v) is 10.8. The molecule has 0 saturated carbocycles. The van der Waals surface area contributed by atoms with Crippen molar-refractivity contribution in [3.8, 4) is 5.75 Å². The van der Waals surface area contributed by atoms with Crippen molar-refractivity contribution >= 4 is 33.7 Å². The molecule has 11 nitrogen and oxygen atoms in total. The van der Waals surface area contributed by atoms with Gasteiger partial charge in [0.05, 0.1) is 18.2 Å². The number of imide groups is 1. The minimum atomic E-state index is -3.85. The number of methoxy groups -OCH3 is 1. The van der Waals surface area contributed by atoms with Crippen LogP contribution in [0.4, 0.5) is 0 Å². The molecule has 37 heavy (non-hydrogen) atoms. The Labute approximate surface area is 214 Å². The number of hydrogen-bond acceptors (Lipinski definition) is 7. The molecule has 1 fully saturated rings. The van der Waals surface area contributed by atoms with Gasteiger partial charge in [0.1, 0.15) is 16.7 Å². The Balaban J connectivity index is 1.39. The van der Waals surface area contributed by atoms with Crippen LogP contribution in [-0.4, -0.2) is 90.7 Å². The summed E-state index contributed by atoms with van der Waals surface area (Å²) in [4.78, 5) is 52.4. The SMILES string of the molecule is COc1ccc(C)cc1S(=O)(=O)N1CCN(C(=O)CC[C@@H](C(=O)O)N2C(=O)c3ccccc3C2=O)CC1. The molecule has 196 valence electrons. The number of ether oxygens (including phenoxy) is 1. The highest BCUT2D eigenvalue weighted by molar-refractivity contribution is 7.89. The summed E-state index contributed by atoms with van der Waals surface area (Å²) in [5.41, 5.74) is 1.03. The number of rotatable bonds is 8. The first-order valence-electron chi connectivity index (χ1n) is 11.7. The molecule has 4 rings (SSSR count). The number of carboxylic acid groups (broad SMARTS) is 1. The molecule has 2 aromatic rings. The lowest BCUT2D eigenvalue weighted by Gasteiger charge is -2.34. The number of carbonyl (C=O) groups excluding carboxylic acids is 3. The minimum Gasteiger partial charge on any atom is -0.495 e. The molecule has 2 heterocycles. The lowest BCUT2D eigenvalue weighted by atomic mass is 10.1. The lowest BCUT2D eigenvalue weighted by molar-refractivity contribution is -0.142. The molecule has 2 aliphatic rings. The van der Waals surface area contributed by atoms with Crippen molar-refractivity contribution in [2.24, 2.45) is 0 Å². The molecule has 0 unspecified atom stereocenters. The van der Waals surface area contributed by atoms with E-state index >= 15 is 0 Å². The molecule has 2 aliphatic heterocycles. The van der Waals surface area contributed by atoms with Gasteiger partial charge >= 0.3 is 5.97 Å². The minimum absolute atomic E-state index is 0.0556. The van der Waals surface area contributed by atoms with Crippen LogP contribution < -0.4 is 4.74 Å². The van der Waals surface area contributed by atoms with Gasteiger partial charge in [-0.3, -0.25) is 19.3 Å². The maximum atomic E-state index is 13.2. The smallest absolute Gasteiger partial charge is 0.326 e. The van der Waals surface area contributed by atoms with Crippen molar-refractivity contribution in [3.63, 3.8) is 0 Å². The fourth-order valence-electron chi connectivity index (χ4n) is 4.57. The number of carbonyl (C=O) groups is 4. The summed E-state index contributed by atoms with van der Waals surface area (Å²) in [6, 6.07) is 9.47. The Morgan fingerprint density at radius 2 is 1.59 bits per heavy atom. The molecule has 0 radical (unpaired) electrons. The van der Waals surface area contributed by atoms with Crippen molar-refractivity contribution in [1.29, 1.82) is 0 Å². The summed E-state index contributed by atoms with van der Waals surface area (Å²) in [6.07, 6.45) is -0.471. The molecule has 0 aromatic heterocycles. The third-order valence-corrected chi connectivity index (χ3v) is 8.50. The van der Waals surface area contributed by atoms with E-state index in [1.807, 2.05) is 0 Å². The Morgan fingerprint density at radius 3 is 2.14 bits per heavy atom. The molecular weight excluding hydrogens is 502 g/mol. The summed E-state index contributed by atoms with van der Waals surface area (Å²) in [7, 11) is -2.46. The first kappa shape index (κ1) is 26.3. The predicted molar refractivity (Wildman–Crippen MR) is 131 cm³/mol. The van der Waals surface area contributed by atoms with Gasteiger partial charge in [-0.05, 0) is 43.2 Å². The van der Waals surface area contributed by atoms with Crippen LogP contribution in [0.2, 0.25) is 0 Å². The molecular formula is C25H27N3O8S. The van der Waals surface area contributed by atoms with E-state index < -0.39 is 33.8 Å². The van der Waals surface area contributed by atoms with E-state index in [1.54, 1.807) is 31.2 Å². The second kappa shape index (κ2) is 10.3. The number of carboxylic acids is 1. The van der Waals surface area contributed by atoms with E-state index in [1.165, 1.54) is 34.5 Å². The molecule has 0 spiro atoms. The number of benzene rings is 2. The average molecular weight is 530 g/mol. The van der Waals surface area contributed by atoms with Crippen LogP contribution in [-0.2, 0) is 19.6 Å². The molecule has 2 aromatic carbocycles. The predicted octanol–water partition coefficient (Wildman–Crippen LogP) is 1.37. The van der Waals surface area contributed by atoms with Gasteiger partial charge in [-0.15, -0.1) is 0 Å². The zero-order chi connectivity index (χ0) is 26.9. The highest BCUT2D eigenvalue weighted by atomic mass is 32.2. The monoisotopic (exact) mass is 529 g/mol. The number of hydrogen-bond donors (Lipinski definition) is 1. The number of piperazine rings is 1. The quantitative estimate of drug-likeness (QED) is 0.506. The summed E-state index contributed by atoms with van der Waals surface area (Å²) in [6.45, 7) is 2.15. The number of aliphatic carboxylic acids is 1. The molecule has 3 amide bonds. The maximum absolute atomic E-state index is 13.2. The van der Waals surface area contributed by atoms with Gasteiger partial charge in [0.15, 0.2) is 0 Å². The summed E-state index contributed by atoms with van der Waals surface area (Å²) >= 11 is 0. The Kier molecular flexibility index (Phi) is 7.32. The van der Waals surface area contributed by atoms with E-state index in [0.29, 0.717) is 4.90 Å². The van der Waals surface area contributed by atoms with Gasteiger partial charge in [0.25, 0.3) is 11.8 Å². The molecule has 1 N–H and O–H groups in total. The van der Waals surface area contributed by atoms with Crippen molar-refractivity contribution in [2.45, 2.75) is 30.7 Å². The third kappa shape index (κ3) is 4.94. The normalized spacial score (nSPS) is 17.0. The second-order valence-electron chi connectivity index (χ2n) is 8.86. The van der Waals surface area contributed by atoms with Crippen molar-refractivity contribution in [2.75, 3.05) is 33.3 Å². The number of fused-ring (bicyclic) bond motifs is 1. The van der Waals surface area contributed by atoms with Crippen molar-refractivity contribution < 1.29 is 37.4 Å². The summed E-state index contributed by atoms with van der Waals surface area (Å²) < 4.78 is 32.9. The van der Waals surface area contributed by atoms with Gasteiger partial charge in [-0.1, -0.05) is 18.2 Å². The van der Waals surface area contributed by atoms with Crippen LogP contribution in [0.1, 0.15) is 39.1 Å². The van der Waals surface area contributed by atoms with Gasteiger partial charge in [0.2, 0.25) is 15.9 Å². The largest absolute Gasteiger partial charge is 0.495 e. The highest BCUT2D eigenvalue weighted by Crippen LogP contribution is 2.29. The molecule has 0 bridgehead atoms. The van der Waals surface area contributed by atoms with Gasteiger partial charge in [0, 0.05) is 32.6 Å². The van der Waals surface area contributed by atoms with Crippen molar-refractivity contribution in [3.05, 3.63) is 59.2 Å². The number of amides is 3. The van der Waals surface area contributed by atoms with Crippen molar-refractivity contribution in [1.82, 2.24) is 14.1 Å². The van der Waals surface area contributed by atoms with E-state index in [4.69, 9.17) is 4.74 Å². The Hall–Kier alpha value is -3.77. The lowest BCUT2D eigenvalue weighted by Crippen LogP contribution is -2.51. The highest BCUT2D eigenvalue weighted by Gasteiger charge is 2.43. The topological polar surface area (TPSA) is 142 Å². The van der Waals surface area contributed by atoms with Crippen LogP contribution in [0.5, 0.6) is 5.75 Å². The van der Waals surface area contributed by atoms with Gasteiger partial charge in [-0.2, -0.15) is 4.31 Å². The maximum Gasteiger partial charge on any atom is 0.326 e. The fourth-order valence-corrected chi connectivity index (χ4v) is 6.24. The summed E-state index contributed by atoms with van der Waals surface area (Å²) in [5.74, 6) is -2.94. The zero-order valence-corrected chi connectivity index (χ0v) is 21.2. The number of aryl methyl sites for hydroxylation is 1. The first-order valence-corrected chi connectivity index (χ1v) is 13.1. The summed E-state index contributed by atoms with van der Waals surface area (Å²) in [5, 5.41) is 9.71. The molecule has 0 aliphatic carbocycles. The molecule has 1 atom stereocenters. The molecule has 12 heteroatoms. The van der Waals surface area contributed by atoms with Crippen LogP contribution in [0, 0.1) is 6.92 Å². The zero-order valence-electron chi connectivity index (χ0n) is 20.4. The average Bonchev–Trinajstić information content (AvgIpc) is 3.14. The Morgan fingerprint density at radius 1 is 1.00 bits per heavy atom. The van der Waals surface area contributed by atoms with Crippen LogP contribution in [0.3, 0.4) is 0 Å². The molecule has 1 saturated heterocycles. The van der Waals surface area contributed by atoms with Gasteiger partial charge in [-0.25, -0.2) is 13.2 Å². The van der Waals surface area contributed by atoms with Crippen LogP contribution >= 0.6 is 0 Å². The fraction of sp³-hybridized carbons (Fsp3) is 0.360. The third-order valence-electron chi connectivity index (χ3n) is 6.58. The number of nitrogens with zero attached hydrogens (tertiary/aromatic N) is 3. The number of sulfonamides is 1. The standard InChI is InChI=1S/C25H27N3O8S/c1-16-7-9-20(36-2)21(15-16)37(34,35)27-13-11-26(12-14-27)22(29)10-8-19(25(32)33)28-23(30)17-5-3-4-6-18(17)24(28)31/h3-7,9,15,19H,8,10-14H2,1-2H3,(H,32,33)/t19-/m0/s1. The van der Waals surface area contributed by atoms with E-state index in [0.717, 1.165) is 5.56 Å². The van der Waals surface area contributed by atoms with Gasteiger partial charge < -0.3 is 14.7 Å². The van der Waals surface area contributed by atoms with E-state index in [-0.39, 0.29) is 66.7 Å².